The quantitative estimate of drug-likeness (QED) is 0.712. The number of halogens is 2. The molecule has 3 heterocycles. The summed E-state index contributed by atoms with van der Waals surface area (Å²) < 4.78 is 14.5. The van der Waals surface area contributed by atoms with Gasteiger partial charge >= 0.3 is 0 Å². The van der Waals surface area contributed by atoms with Crippen LogP contribution in [0.15, 0.2) is 55.0 Å². The maximum Gasteiger partial charge on any atom is 0.273 e. The Morgan fingerprint density at radius 1 is 1.16 bits per heavy atom. The summed E-state index contributed by atoms with van der Waals surface area (Å²) in [6.07, 6.45) is 4.75. The second-order valence-corrected chi connectivity index (χ2v) is 6.31. The van der Waals surface area contributed by atoms with Crippen LogP contribution in [-0.2, 0) is 13.1 Å². The lowest BCUT2D eigenvalue weighted by atomic mass is 10.0. The SMILES string of the molecule is O=C1c2ncccc2CN1Cc1ccc(-c2cncc(Cl)c2)cc1F. The number of nitrogens with zero attached hydrogens (tertiary/aromatic N) is 3. The normalized spacial score (nSPS) is 13.2. The maximum atomic E-state index is 14.5. The minimum Gasteiger partial charge on any atom is -0.328 e. The molecule has 124 valence electrons. The van der Waals surface area contributed by atoms with Crippen molar-refractivity contribution in [1.29, 1.82) is 0 Å². The van der Waals surface area contributed by atoms with Gasteiger partial charge in [-0.05, 0) is 23.8 Å². The highest BCUT2D eigenvalue weighted by molar-refractivity contribution is 6.30. The number of amides is 1. The van der Waals surface area contributed by atoms with Gasteiger partial charge in [0.2, 0.25) is 0 Å². The molecule has 0 unspecified atom stereocenters. The molecule has 4 nitrogen and oxygen atoms in total. The zero-order valence-electron chi connectivity index (χ0n) is 13.1. The van der Waals surface area contributed by atoms with Gasteiger partial charge in [-0.15, -0.1) is 0 Å². The largest absolute Gasteiger partial charge is 0.328 e. The third-order valence-electron chi connectivity index (χ3n) is 4.19. The summed E-state index contributed by atoms with van der Waals surface area (Å²) in [5.74, 6) is -0.535. The van der Waals surface area contributed by atoms with Crippen molar-refractivity contribution in [2.75, 3.05) is 0 Å². The van der Waals surface area contributed by atoms with Crippen molar-refractivity contribution < 1.29 is 9.18 Å². The van der Waals surface area contributed by atoms with Crippen molar-refractivity contribution in [1.82, 2.24) is 14.9 Å². The molecule has 1 aliphatic rings. The highest BCUT2D eigenvalue weighted by atomic mass is 35.5. The average molecular weight is 354 g/mol. The second kappa shape index (κ2) is 6.26. The Hall–Kier alpha value is -2.79. The zero-order valence-corrected chi connectivity index (χ0v) is 13.9. The Labute approximate surface area is 148 Å². The van der Waals surface area contributed by atoms with Crippen LogP contribution >= 0.6 is 11.6 Å². The van der Waals surface area contributed by atoms with E-state index in [0.717, 1.165) is 11.1 Å². The van der Waals surface area contributed by atoms with Gasteiger partial charge in [0.25, 0.3) is 5.91 Å². The van der Waals surface area contributed by atoms with Crippen LogP contribution in [0.3, 0.4) is 0 Å². The van der Waals surface area contributed by atoms with Crippen molar-refractivity contribution >= 4 is 17.5 Å². The van der Waals surface area contributed by atoms with Crippen molar-refractivity contribution in [2.45, 2.75) is 13.1 Å². The molecule has 1 aliphatic heterocycles. The van der Waals surface area contributed by atoms with Gasteiger partial charge in [-0.25, -0.2) is 4.39 Å². The molecule has 0 fully saturated rings. The Morgan fingerprint density at radius 2 is 2.04 bits per heavy atom. The molecule has 0 saturated carbocycles. The van der Waals surface area contributed by atoms with Crippen LogP contribution in [0.25, 0.3) is 11.1 Å². The number of carbonyl (C=O) groups excluding carboxylic acids is 1. The lowest BCUT2D eigenvalue weighted by Crippen LogP contribution is -2.24. The fourth-order valence-corrected chi connectivity index (χ4v) is 3.12. The third-order valence-corrected chi connectivity index (χ3v) is 4.40. The van der Waals surface area contributed by atoms with Crippen molar-refractivity contribution in [3.05, 3.63) is 82.6 Å². The molecule has 0 N–H and O–H groups in total. The van der Waals surface area contributed by atoms with Crippen molar-refractivity contribution in [2.24, 2.45) is 0 Å². The van der Waals surface area contributed by atoms with Crippen LogP contribution in [0.1, 0.15) is 21.6 Å². The van der Waals surface area contributed by atoms with Crippen LogP contribution in [0.2, 0.25) is 5.02 Å². The van der Waals surface area contributed by atoms with Gasteiger partial charge in [-0.2, -0.15) is 0 Å². The summed E-state index contributed by atoms with van der Waals surface area (Å²) in [6, 6.07) is 10.3. The van der Waals surface area contributed by atoms with E-state index in [-0.39, 0.29) is 18.3 Å². The first-order chi connectivity index (χ1) is 12.1. The standard InChI is InChI=1S/C19H13ClFN3O/c20-16-6-15(8-22-9-16)12-3-4-13(17(21)7-12)10-24-11-14-2-1-5-23-18(14)19(24)25/h1-9H,10-11H2. The summed E-state index contributed by atoms with van der Waals surface area (Å²) in [4.78, 5) is 22.1. The number of pyridine rings is 2. The molecular weight excluding hydrogens is 341 g/mol. The highest BCUT2D eigenvalue weighted by Gasteiger charge is 2.28. The number of fused-ring (bicyclic) bond motifs is 1. The summed E-state index contributed by atoms with van der Waals surface area (Å²) in [5.41, 5.74) is 3.21. The summed E-state index contributed by atoms with van der Waals surface area (Å²) in [6.45, 7) is 0.649. The van der Waals surface area contributed by atoms with E-state index in [4.69, 9.17) is 11.6 Å². The number of carbonyl (C=O) groups is 1. The monoisotopic (exact) mass is 353 g/mol. The Bertz CT molecular complexity index is 976. The minimum absolute atomic E-state index is 0.168. The summed E-state index contributed by atoms with van der Waals surface area (Å²) >= 11 is 5.93. The van der Waals surface area contributed by atoms with E-state index in [1.165, 1.54) is 12.3 Å². The van der Waals surface area contributed by atoms with E-state index >= 15 is 0 Å². The lowest BCUT2D eigenvalue weighted by Gasteiger charge is -2.16. The van der Waals surface area contributed by atoms with Gasteiger partial charge in [0.05, 0.1) is 5.02 Å². The predicted octanol–water partition coefficient (Wildman–Crippen LogP) is 4.09. The van der Waals surface area contributed by atoms with E-state index in [9.17, 15) is 9.18 Å². The number of hydrogen-bond acceptors (Lipinski definition) is 3. The lowest BCUT2D eigenvalue weighted by molar-refractivity contribution is 0.0761. The molecule has 25 heavy (non-hydrogen) atoms. The van der Waals surface area contributed by atoms with Crippen molar-refractivity contribution in [3.63, 3.8) is 0 Å². The molecule has 0 atom stereocenters. The average Bonchev–Trinajstić information content (AvgIpc) is 2.93. The third kappa shape index (κ3) is 2.98. The smallest absolute Gasteiger partial charge is 0.273 e. The predicted molar refractivity (Wildman–Crippen MR) is 92.5 cm³/mol. The van der Waals surface area contributed by atoms with E-state index in [1.54, 1.807) is 41.6 Å². The Morgan fingerprint density at radius 3 is 2.80 bits per heavy atom. The summed E-state index contributed by atoms with van der Waals surface area (Å²) in [7, 11) is 0. The van der Waals surface area contributed by atoms with Gasteiger partial charge in [0, 0.05) is 48.4 Å². The Balaban J connectivity index is 1.58. The Kier molecular flexibility index (Phi) is 3.93. The van der Waals surface area contributed by atoms with Crippen LogP contribution in [0.4, 0.5) is 4.39 Å². The fourth-order valence-electron chi connectivity index (χ4n) is 2.94. The molecule has 2 aromatic heterocycles. The highest BCUT2D eigenvalue weighted by Crippen LogP contribution is 2.26. The van der Waals surface area contributed by atoms with E-state index in [0.29, 0.717) is 28.4 Å². The van der Waals surface area contributed by atoms with Gasteiger partial charge < -0.3 is 4.90 Å². The molecule has 3 aromatic rings. The van der Waals surface area contributed by atoms with Gasteiger partial charge in [-0.1, -0.05) is 29.8 Å². The van der Waals surface area contributed by atoms with Crippen LogP contribution in [0.5, 0.6) is 0 Å². The molecule has 0 saturated heterocycles. The topological polar surface area (TPSA) is 46.1 Å². The van der Waals surface area contributed by atoms with Gasteiger partial charge in [0.15, 0.2) is 0 Å². The van der Waals surface area contributed by atoms with Crippen molar-refractivity contribution in [3.8, 4) is 11.1 Å². The first-order valence-corrected chi connectivity index (χ1v) is 8.12. The maximum absolute atomic E-state index is 14.5. The number of rotatable bonds is 3. The minimum atomic E-state index is -0.366. The molecule has 4 rings (SSSR count). The van der Waals surface area contributed by atoms with E-state index < -0.39 is 0 Å². The second-order valence-electron chi connectivity index (χ2n) is 5.87. The molecule has 0 radical (unpaired) electrons. The molecule has 0 spiro atoms. The van der Waals surface area contributed by atoms with Gasteiger partial charge in [-0.3, -0.25) is 14.8 Å². The fraction of sp³-hybridized carbons (Fsp3) is 0.105. The molecule has 0 aliphatic carbocycles. The van der Waals surface area contributed by atoms with Crippen LogP contribution in [-0.4, -0.2) is 20.8 Å². The van der Waals surface area contributed by atoms with Crippen LogP contribution in [0, 0.1) is 5.82 Å². The molecule has 1 aromatic carbocycles. The molecular formula is C19H13ClFN3O. The van der Waals surface area contributed by atoms with Gasteiger partial charge in [0.1, 0.15) is 11.5 Å². The number of benzene rings is 1. The first-order valence-electron chi connectivity index (χ1n) is 7.74. The molecule has 1 amide bonds. The molecule has 6 heteroatoms. The van der Waals surface area contributed by atoms with Crippen LogP contribution < -0.4 is 0 Å². The number of hydrogen-bond donors (Lipinski definition) is 0. The van der Waals surface area contributed by atoms with E-state index in [1.807, 2.05) is 6.07 Å². The first kappa shape index (κ1) is 15.7. The molecule has 0 bridgehead atoms. The number of aromatic nitrogens is 2. The van der Waals surface area contributed by atoms with E-state index in [2.05, 4.69) is 9.97 Å². The zero-order chi connectivity index (χ0) is 17.4. The summed E-state index contributed by atoms with van der Waals surface area (Å²) in [5, 5.41) is 0.495.